The number of rotatable bonds is 4. The Morgan fingerprint density at radius 3 is 2.24 bits per heavy atom. The molecule has 2 nitrogen and oxygen atoms in total. The Balaban J connectivity index is 2.41. The maximum atomic E-state index is 13.7. The number of pyridine rings is 1. The third kappa shape index (κ3) is 3.44. The summed E-state index contributed by atoms with van der Waals surface area (Å²) >= 11 is 6.32. The Labute approximate surface area is 149 Å². The zero-order valence-electron chi connectivity index (χ0n) is 13.4. The third-order valence-corrected chi connectivity index (χ3v) is 4.42. The molecule has 0 aliphatic carbocycles. The van der Waals surface area contributed by atoms with E-state index in [-0.39, 0.29) is 6.42 Å². The summed E-state index contributed by atoms with van der Waals surface area (Å²) < 4.78 is 27.4. The van der Waals surface area contributed by atoms with Crippen LogP contribution in [0.2, 0.25) is 5.02 Å². The average Bonchev–Trinajstić information content (AvgIpc) is 2.57. The molecule has 2 aromatic carbocycles. The molecule has 126 valence electrons. The second-order valence-electron chi connectivity index (χ2n) is 5.63. The van der Waals surface area contributed by atoms with E-state index in [0.29, 0.717) is 27.3 Å². The lowest BCUT2D eigenvalue weighted by molar-refractivity contribution is -0.107. The standard InChI is InChI=1S/C20H14ClF2NO/c1-12-16(21)9-14(7-8-25)20(13-5-3-2-4-6-13)19(12)15-10-17(22)24-18(23)11-15/h2-6,8-11H,7H2,1H3. The molecule has 3 aromatic rings. The fraction of sp³-hybridized carbons (Fsp3) is 0.100. The first-order valence-corrected chi connectivity index (χ1v) is 8.03. The van der Waals surface area contributed by atoms with E-state index in [2.05, 4.69) is 4.98 Å². The van der Waals surface area contributed by atoms with Crippen LogP contribution in [0.1, 0.15) is 11.1 Å². The van der Waals surface area contributed by atoms with Crippen LogP contribution in [-0.2, 0) is 11.2 Å². The highest BCUT2D eigenvalue weighted by Gasteiger charge is 2.19. The number of aromatic nitrogens is 1. The summed E-state index contributed by atoms with van der Waals surface area (Å²) in [5, 5.41) is 0.434. The van der Waals surface area contributed by atoms with Crippen molar-refractivity contribution in [2.45, 2.75) is 13.3 Å². The van der Waals surface area contributed by atoms with Crippen LogP contribution in [0, 0.1) is 18.8 Å². The van der Waals surface area contributed by atoms with Crippen LogP contribution in [0.3, 0.4) is 0 Å². The molecule has 0 aliphatic heterocycles. The number of carbonyl (C=O) groups is 1. The van der Waals surface area contributed by atoms with Crippen LogP contribution in [0.5, 0.6) is 0 Å². The van der Waals surface area contributed by atoms with E-state index in [9.17, 15) is 13.6 Å². The van der Waals surface area contributed by atoms with E-state index in [1.807, 2.05) is 30.3 Å². The van der Waals surface area contributed by atoms with Crippen LogP contribution in [0.4, 0.5) is 8.78 Å². The lowest BCUT2D eigenvalue weighted by Gasteiger charge is -2.19. The fourth-order valence-corrected chi connectivity index (χ4v) is 3.18. The van der Waals surface area contributed by atoms with E-state index in [0.717, 1.165) is 17.4 Å². The van der Waals surface area contributed by atoms with Gasteiger partial charge in [0.05, 0.1) is 0 Å². The van der Waals surface area contributed by atoms with Crippen LogP contribution in [-0.4, -0.2) is 11.3 Å². The minimum absolute atomic E-state index is 0.146. The second kappa shape index (κ2) is 7.11. The van der Waals surface area contributed by atoms with Gasteiger partial charge in [0, 0.05) is 23.6 Å². The smallest absolute Gasteiger partial charge is 0.216 e. The Bertz CT molecular complexity index is 922. The van der Waals surface area contributed by atoms with Gasteiger partial charge in [-0.2, -0.15) is 13.8 Å². The molecule has 1 aromatic heterocycles. The molecular weight excluding hydrogens is 344 g/mol. The molecule has 0 N–H and O–H groups in total. The maximum absolute atomic E-state index is 13.7. The largest absolute Gasteiger partial charge is 0.303 e. The predicted molar refractivity (Wildman–Crippen MR) is 94.5 cm³/mol. The summed E-state index contributed by atoms with van der Waals surface area (Å²) in [4.78, 5) is 14.3. The molecule has 0 bridgehead atoms. The molecule has 3 rings (SSSR count). The van der Waals surface area contributed by atoms with Gasteiger partial charge in [-0.1, -0.05) is 41.9 Å². The Kier molecular flexibility index (Phi) is 4.91. The van der Waals surface area contributed by atoms with Crippen molar-refractivity contribution in [1.29, 1.82) is 0 Å². The van der Waals surface area contributed by atoms with Crippen molar-refractivity contribution in [3.8, 4) is 22.3 Å². The molecule has 0 unspecified atom stereocenters. The number of benzene rings is 2. The van der Waals surface area contributed by atoms with Crippen molar-refractivity contribution in [2.24, 2.45) is 0 Å². The molecule has 0 saturated heterocycles. The summed E-state index contributed by atoms with van der Waals surface area (Å²) in [7, 11) is 0. The van der Waals surface area contributed by atoms with Crippen LogP contribution in [0.25, 0.3) is 22.3 Å². The normalized spacial score (nSPS) is 10.7. The predicted octanol–water partition coefficient (Wildman–Crippen LogP) is 5.40. The van der Waals surface area contributed by atoms with Gasteiger partial charge in [-0.05, 0) is 46.4 Å². The number of carbonyl (C=O) groups excluding carboxylic acids is 1. The molecule has 5 heteroatoms. The van der Waals surface area contributed by atoms with Gasteiger partial charge in [0.15, 0.2) is 0 Å². The van der Waals surface area contributed by atoms with E-state index < -0.39 is 11.9 Å². The van der Waals surface area contributed by atoms with E-state index in [1.54, 1.807) is 13.0 Å². The third-order valence-electron chi connectivity index (χ3n) is 4.02. The molecule has 0 spiro atoms. The zero-order chi connectivity index (χ0) is 18.0. The summed E-state index contributed by atoms with van der Waals surface area (Å²) in [6.07, 6.45) is 0.929. The lowest BCUT2D eigenvalue weighted by Crippen LogP contribution is -2.00. The van der Waals surface area contributed by atoms with Crippen molar-refractivity contribution >= 4 is 17.9 Å². The highest BCUT2D eigenvalue weighted by Crippen LogP contribution is 2.41. The molecule has 0 atom stereocenters. The number of hydrogen-bond acceptors (Lipinski definition) is 2. The summed E-state index contributed by atoms with van der Waals surface area (Å²) in [5.41, 5.74) is 3.88. The number of halogens is 3. The number of aldehydes is 1. The van der Waals surface area contributed by atoms with Gasteiger partial charge in [-0.3, -0.25) is 0 Å². The maximum Gasteiger partial charge on any atom is 0.216 e. The monoisotopic (exact) mass is 357 g/mol. The first kappa shape index (κ1) is 17.2. The van der Waals surface area contributed by atoms with Crippen molar-refractivity contribution in [3.05, 3.63) is 76.6 Å². The van der Waals surface area contributed by atoms with Crippen molar-refractivity contribution in [3.63, 3.8) is 0 Å². The highest BCUT2D eigenvalue weighted by atomic mass is 35.5. The molecule has 1 heterocycles. The second-order valence-corrected chi connectivity index (χ2v) is 6.04. The van der Waals surface area contributed by atoms with Crippen molar-refractivity contribution < 1.29 is 13.6 Å². The minimum Gasteiger partial charge on any atom is -0.303 e. The van der Waals surface area contributed by atoms with E-state index >= 15 is 0 Å². The van der Waals surface area contributed by atoms with Crippen molar-refractivity contribution in [2.75, 3.05) is 0 Å². The molecule has 0 amide bonds. The topological polar surface area (TPSA) is 30.0 Å². The molecule has 0 saturated carbocycles. The SMILES string of the molecule is Cc1c(Cl)cc(CC=O)c(-c2ccccc2)c1-c1cc(F)nc(F)c1. The Morgan fingerprint density at radius 1 is 1.00 bits per heavy atom. The van der Waals surface area contributed by atoms with Crippen LogP contribution < -0.4 is 0 Å². The van der Waals surface area contributed by atoms with E-state index in [4.69, 9.17) is 11.6 Å². The first-order chi connectivity index (χ1) is 12.0. The molecule has 0 radical (unpaired) electrons. The highest BCUT2D eigenvalue weighted by molar-refractivity contribution is 6.32. The summed E-state index contributed by atoms with van der Waals surface area (Å²) in [6.45, 7) is 1.78. The van der Waals surface area contributed by atoms with Gasteiger partial charge in [0.1, 0.15) is 6.29 Å². The molecular formula is C20H14ClF2NO. The summed E-state index contributed by atoms with van der Waals surface area (Å²) in [6, 6.07) is 13.4. The van der Waals surface area contributed by atoms with Gasteiger partial charge in [0.2, 0.25) is 11.9 Å². The average molecular weight is 358 g/mol. The van der Waals surface area contributed by atoms with Gasteiger partial charge in [-0.15, -0.1) is 0 Å². The molecule has 0 aliphatic rings. The van der Waals surface area contributed by atoms with Gasteiger partial charge < -0.3 is 4.79 Å². The minimum atomic E-state index is -0.912. The molecule has 25 heavy (non-hydrogen) atoms. The number of hydrogen-bond donors (Lipinski definition) is 0. The van der Waals surface area contributed by atoms with Crippen molar-refractivity contribution in [1.82, 2.24) is 4.98 Å². The first-order valence-electron chi connectivity index (χ1n) is 7.65. The Hall–Kier alpha value is -2.59. The quantitative estimate of drug-likeness (QED) is 0.462. The van der Waals surface area contributed by atoms with Crippen LogP contribution in [0.15, 0.2) is 48.5 Å². The van der Waals surface area contributed by atoms with Gasteiger partial charge >= 0.3 is 0 Å². The van der Waals surface area contributed by atoms with Gasteiger partial charge in [0.25, 0.3) is 0 Å². The van der Waals surface area contributed by atoms with E-state index in [1.165, 1.54) is 12.1 Å². The zero-order valence-corrected chi connectivity index (χ0v) is 14.1. The van der Waals surface area contributed by atoms with Gasteiger partial charge in [-0.25, -0.2) is 0 Å². The molecule has 0 fully saturated rings. The Morgan fingerprint density at radius 2 is 1.64 bits per heavy atom. The summed E-state index contributed by atoms with van der Waals surface area (Å²) in [5.74, 6) is -1.82. The lowest BCUT2D eigenvalue weighted by atomic mass is 9.87. The number of nitrogens with zero attached hydrogens (tertiary/aromatic N) is 1. The van der Waals surface area contributed by atoms with Crippen LogP contribution >= 0.6 is 11.6 Å². The fourth-order valence-electron chi connectivity index (χ4n) is 2.96.